The van der Waals surface area contributed by atoms with Crippen molar-refractivity contribution in [3.8, 4) is 5.75 Å². The molecule has 3 rings (SSSR count). The van der Waals surface area contributed by atoms with Crippen molar-refractivity contribution in [3.63, 3.8) is 0 Å². The second kappa shape index (κ2) is 7.82. The van der Waals surface area contributed by atoms with Crippen LogP contribution < -0.4 is 15.4 Å². The molecule has 0 spiro atoms. The van der Waals surface area contributed by atoms with E-state index in [9.17, 15) is 14.4 Å². The van der Waals surface area contributed by atoms with E-state index in [2.05, 4.69) is 10.6 Å². The molecule has 1 aliphatic carbocycles. The Balaban J connectivity index is 1.56. The molecular weight excluding hydrogens is 332 g/mol. The molecule has 0 aromatic heterocycles. The number of Topliss-reactive ketones (excluding diaryl/α,β-unsaturated/α-hetero) is 1. The highest BCUT2D eigenvalue weighted by molar-refractivity contribution is 6.04. The fraction of sp³-hybridized carbons (Fsp3) is 0.250. The van der Waals surface area contributed by atoms with E-state index in [1.165, 1.54) is 6.92 Å². The van der Waals surface area contributed by atoms with E-state index < -0.39 is 0 Å². The van der Waals surface area contributed by atoms with Crippen LogP contribution in [0.5, 0.6) is 5.75 Å². The lowest BCUT2D eigenvalue weighted by atomic mass is 10.1. The van der Waals surface area contributed by atoms with Crippen molar-refractivity contribution in [2.45, 2.75) is 19.8 Å². The monoisotopic (exact) mass is 352 g/mol. The molecule has 1 fully saturated rings. The Morgan fingerprint density at radius 2 is 1.81 bits per heavy atom. The number of amides is 2. The summed E-state index contributed by atoms with van der Waals surface area (Å²) in [7, 11) is 0. The van der Waals surface area contributed by atoms with Gasteiger partial charge in [0.1, 0.15) is 5.75 Å². The van der Waals surface area contributed by atoms with Crippen LogP contribution in [-0.2, 0) is 9.59 Å². The van der Waals surface area contributed by atoms with Gasteiger partial charge in [-0.1, -0.05) is 18.2 Å². The molecule has 6 heteroatoms. The molecule has 0 radical (unpaired) electrons. The van der Waals surface area contributed by atoms with Gasteiger partial charge in [0.2, 0.25) is 5.91 Å². The van der Waals surface area contributed by atoms with Crippen molar-refractivity contribution < 1.29 is 19.1 Å². The molecule has 2 aromatic rings. The summed E-state index contributed by atoms with van der Waals surface area (Å²) in [5, 5.41) is 5.51. The van der Waals surface area contributed by atoms with E-state index in [4.69, 9.17) is 4.74 Å². The van der Waals surface area contributed by atoms with Crippen LogP contribution in [0.15, 0.2) is 48.5 Å². The summed E-state index contributed by atoms with van der Waals surface area (Å²) in [6.45, 7) is 1.25. The van der Waals surface area contributed by atoms with Crippen molar-refractivity contribution in [1.82, 2.24) is 0 Å². The maximum atomic E-state index is 12.1. The zero-order valence-electron chi connectivity index (χ0n) is 14.5. The standard InChI is InChI=1S/C20H20N2O4/c1-13(23)17-7-2-3-8-18(17)22-19(24)12-26-16-6-4-5-15(11-16)21-20(25)14-9-10-14/h2-8,11,14H,9-10,12H2,1H3,(H,21,25)(H,22,24). The van der Waals surface area contributed by atoms with Crippen LogP contribution in [0.2, 0.25) is 0 Å². The number of rotatable bonds is 7. The molecule has 0 bridgehead atoms. The first-order valence-electron chi connectivity index (χ1n) is 8.46. The normalized spacial score (nSPS) is 13.0. The van der Waals surface area contributed by atoms with Gasteiger partial charge in [-0.05, 0) is 44.0 Å². The van der Waals surface area contributed by atoms with Gasteiger partial charge < -0.3 is 15.4 Å². The zero-order valence-corrected chi connectivity index (χ0v) is 14.5. The minimum absolute atomic E-state index is 0.0146. The van der Waals surface area contributed by atoms with Crippen LogP contribution in [0, 0.1) is 5.92 Å². The largest absolute Gasteiger partial charge is 0.484 e. The number of hydrogen-bond acceptors (Lipinski definition) is 4. The summed E-state index contributed by atoms with van der Waals surface area (Å²) in [5.41, 5.74) is 1.55. The molecule has 0 unspecified atom stereocenters. The zero-order chi connectivity index (χ0) is 18.5. The Morgan fingerprint density at radius 3 is 2.54 bits per heavy atom. The fourth-order valence-corrected chi connectivity index (χ4v) is 2.49. The van der Waals surface area contributed by atoms with Crippen LogP contribution >= 0.6 is 0 Å². The number of nitrogens with one attached hydrogen (secondary N) is 2. The number of carbonyl (C=O) groups is 3. The number of benzene rings is 2. The van der Waals surface area contributed by atoms with Gasteiger partial charge in [0.15, 0.2) is 12.4 Å². The Morgan fingerprint density at radius 1 is 1.04 bits per heavy atom. The summed E-state index contributed by atoms with van der Waals surface area (Å²) in [5.74, 6) is 0.119. The van der Waals surface area contributed by atoms with Gasteiger partial charge in [-0.3, -0.25) is 14.4 Å². The number of hydrogen-bond donors (Lipinski definition) is 2. The number of anilines is 2. The average molecular weight is 352 g/mol. The third-order valence-electron chi connectivity index (χ3n) is 4.00. The molecule has 26 heavy (non-hydrogen) atoms. The van der Waals surface area contributed by atoms with Crippen molar-refractivity contribution in [2.75, 3.05) is 17.2 Å². The van der Waals surface area contributed by atoms with Crippen molar-refractivity contribution in [3.05, 3.63) is 54.1 Å². The quantitative estimate of drug-likeness (QED) is 0.749. The molecule has 2 aromatic carbocycles. The predicted molar refractivity (Wildman–Crippen MR) is 98.4 cm³/mol. The van der Waals surface area contributed by atoms with Crippen LogP contribution in [0.1, 0.15) is 30.1 Å². The smallest absolute Gasteiger partial charge is 0.262 e. The Hall–Kier alpha value is -3.15. The summed E-state index contributed by atoms with van der Waals surface area (Å²) in [6, 6.07) is 13.7. The second-order valence-electron chi connectivity index (χ2n) is 6.23. The van der Waals surface area contributed by atoms with Gasteiger partial charge in [-0.25, -0.2) is 0 Å². The average Bonchev–Trinajstić information content (AvgIpc) is 3.46. The van der Waals surface area contributed by atoms with Gasteiger partial charge in [0, 0.05) is 23.2 Å². The summed E-state index contributed by atoms with van der Waals surface area (Å²) >= 11 is 0. The topological polar surface area (TPSA) is 84.5 Å². The summed E-state index contributed by atoms with van der Waals surface area (Å²) in [4.78, 5) is 35.5. The van der Waals surface area contributed by atoms with Gasteiger partial charge in [0.25, 0.3) is 5.91 Å². The van der Waals surface area contributed by atoms with Crippen LogP contribution in [-0.4, -0.2) is 24.2 Å². The highest BCUT2D eigenvalue weighted by atomic mass is 16.5. The third-order valence-corrected chi connectivity index (χ3v) is 4.00. The van der Waals surface area contributed by atoms with Gasteiger partial charge in [-0.2, -0.15) is 0 Å². The van der Waals surface area contributed by atoms with Gasteiger partial charge in [0.05, 0.1) is 5.69 Å². The van der Waals surface area contributed by atoms with E-state index in [1.807, 2.05) is 0 Å². The SMILES string of the molecule is CC(=O)c1ccccc1NC(=O)COc1cccc(NC(=O)C2CC2)c1. The highest BCUT2D eigenvalue weighted by Crippen LogP contribution is 2.30. The molecule has 0 atom stereocenters. The first-order valence-corrected chi connectivity index (χ1v) is 8.46. The van der Waals surface area contributed by atoms with E-state index in [1.54, 1.807) is 48.5 Å². The second-order valence-corrected chi connectivity index (χ2v) is 6.23. The first kappa shape index (κ1) is 17.7. The van der Waals surface area contributed by atoms with Crippen LogP contribution in [0.3, 0.4) is 0 Å². The lowest BCUT2D eigenvalue weighted by Gasteiger charge is -2.11. The van der Waals surface area contributed by atoms with Crippen LogP contribution in [0.4, 0.5) is 11.4 Å². The van der Waals surface area contributed by atoms with Crippen molar-refractivity contribution in [1.29, 1.82) is 0 Å². The van der Waals surface area contributed by atoms with Crippen molar-refractivity contribution in [2.24, 2.45) is 5.92 Å². The summed E-state index contributed by atoms with van der Waals surface area (Å²) in [6.07, 6.45) is 1.87. The molecule has 134 valence electrons. The Bertz CT molecular complexity index is 843. The molecule has 0 aliphatic heterocycles. The Kier molecular flexibility index (Phi) is 5.31. The highest BCUT2D eigenvalue weighted by Gasteiger charge is 2.29. The van der Waals surface area contributed by atoms with E-state index in [-0.39, 0.29) is 30.1 Å². The maximum absolute atomic E-state index is 12.1. The lowest BCUT2D eigenvalue weighted by Crippen LogP contribution is -2.21. The van der Waals surface area contributed by atoms with E-state index in [0.29, 0.717) is 22.7 Å². The summed E-state index contributed by atoms with van der Waals surface area (Å²) < 4.78 is 5.49. The number of ether oxygens (including phenoxy) is 1. The molecule has 1 saturated carbocycles. The molecule has 6 nitrogen and oxygen atoms in total. The molecule has 0 heterocycles. The minimum atomic E-state index is -0.369. The predicted octanol–water partition coefficient (Wildman–Crippen LogP) is 3.26. The molecular formula is C20H20N2O4. The molecule has 2 amide bonds. The number of para-hydroxylation sites is 1. The minimum Gasteiger partial charge on any atom is -0.484 e. The Labute approximate surface area is 151 Å². The lowest BCUT2D eigenvalue weighted by molar-refractivity contribution is -0.118. The maximum Gasteiger partial charge on any atom is 0.262 e. The van der Waals surface area contributed by atoms with E-state index in [0.717, 1.165) is 12.8 Å². The third kappa shape index (κ3) is 4.69. The van der Waals surface area contributed by atoms with Crippen LogP contribution in [0.25, 0.3) is 0 Å². The first-order chi connectivity index (χ1) is 12.5. The van der Waals surface area contributed by atoms with Gasteiger partial charge >= 0.3 is 0 Å². The van der Waals surface area contributed by atoms with Gasteiger partial charge in [-0.15, -0.1) is 0 Å². The van der Waals surface area contributed by atoms with Crippen molar-refractivity contribution >= 4 is 29.0 Å². The fourth-order valence-electron chi connectivity index (χ4n) is 2.49. The molecule has 0 saturated heterocycles. The number of carbonyl (C=O) groups excluding carboxylic acids is 3. The molecule has 2 N–H and O–H groups in total. The van der Waals surface area contributed by atoms with E-state index >= 15 is 0 Å². The number of ketones is 1. The molecule has 1 aliphatic rings.